The van der Waals surface area contributed by atoms with Gasteiger partial charge in [-0.1, -0.05) is 37.6 Å². The van der Waals surface area contributed by atoms with E-state index in [1.54, 1.807) is 19.0 Å². The summed E-state index contributed by atoms with van der Waals surface area (Å²) in [7, 11) is 3.50. The highest BCUT2D eigenvalue weighted by Gasteiger charge is 2.07. The van der Waals surface area contributed by atoms with Crippen LogP contribution in [0, 0.1) is 19.8 Å². The average molecular weight is 446 g/mol. The number of guanidine groups is 1. The lowest BCUT2D eigenvalue weighted by Crippen LogP contribution is -2.44. The van der Waals surface area contributed by atoms with Crippen molar-refractivity contribution < 1.29 is 4.79 Å². The molecule has 0 unspecified atom stereocenters. The van der Waals surface area contributed by atoms with E-state index in [0.717, 1.165) is 6.54 Å². The molecule has 1 rings (SSSR count). The lowest BCUT2D eigenvalue weighted by atomic mass is 10.1. The van der Waals surface area contributed by atoms with E-state index < -0.39 is 0 Å². The Balaban J connectivity index is 0.00000529. The predicted molar refractivity (Wildman–Crippen MR) is 112 cm³/mol. The van der Waals surface area contributed by atoms with Crippen molar-refractivity contribution in [2.45, 2.75) is 34.2 Å². The third-order valence-electron chi connectivity index (χ3n) is 3.49. The van der Waals surface area contributed by atoms with Gasteiger partial charge in [-0.3, -0.25) is 4.79 Å². The molecule has 0 aliphatic carbocycles. The van der Waals surface area contributed by atoms with Crippen LogP contribution in [0.1, 0.15) is 30.5 Å². The molecule has 0 saturated heterocycles. The molecule has 1 aromatic carbocycles. The van der Waals surface area contributed by atoms with Crippen LogP contribution in [-0.4, -0.2) is 44.0 Å². The number of nitrogens with one attached hydrogen (secondary N) is 2. The minimum atomic E-state index is 0. The average Bonchev–Trinajstić information content (AvgIpc) is 2.47. The summed E-state index contributed by atoms with van der Waals surface area (Å²) in [6, 6.07) is 6.37. The molecule has 5 nitrogen and oxygen atoms in total. The summed E-state index contributed by atoms with van der Waals surface area (Å²) in [6.07, 6.45) is 0. The zero-order valence-corrected chi connectivity index (χ0v) is 18.0. The van der Waals surface area contributed by atoms with Crippen molar-refractivity contribution in [1.29, 1.82) is 0 Å². The van der Waals surface area contributed by atoms with E-state index in [1.165, 1.54) is 16.7 Å². The first-order chi connectivity index (χ1) is 10.8. The van der Waals surface area contributed by atoms with Crippen molar-refractivity contribution in [2.75, 3.05) is 27.2 Å². The largest absolute Gasteiger partial charge is 0.356 e. The third-order valence-corrected chi connectivity index (χ3v) is 3.49. The van der Waals surface area contributed by atoms with Crippen LogP contribution in [0.5, 0.6) is 0 Å². The summed E-state index contributed by atoms with van der Waals surface area (Å²) < 4.78 is 0. The van der Waals surface area contributed by atoms with Crippen molar-refractivity contribution in [1.82, 2.24) is 15.5 Å². The van der Waals surface area contributed by atoms with Crippen LogP contribution in [-0.2, 0) is 11.3 Å². The van der Waals surface area contributed by atoms with Gasteiger partial charge in [0.25, 0.3) is 0 Å². The van der Waals surface area contributed by atoms with E-state index in [1.807, 2.05) is 0 Å². The maximum absolute atomic E-state index is 11.7. The lowest BCUT2D eigenvalue weighted by molar-refractivity contribution is -0.127. The zero-order valence-electron chi connectivity index (χ0n) is 15.6. The molecular formula is C18H31IN4O. The molecule has 0 spiro atoms. The number of benzene rings is 1. The number of aryl methyl sites for hydroxylation is 2. The fraction of sp³-hybridized carbons (Fsp3) is 0.556. The van der Waals surface area contributed by atoms with Crippen LogP contribution in [0.15, 0.2) is 23.2 Å². The van der Waals surface area contributed by atoms with Gasteiger partial charge in [-0.15, -0.1) is 24.0 Å². The van der Waals surface area contributed by atoms with E-state index in [0.29, 0.717) is 18.4 Å². The first kappa shape index (κ1) is 22.7. The standard InChI is InChI=1S/C18H30N4O.HI/c1-13(2)10-19-18(21-12-17(23)22(5)6)20-11-16-8-7-14(3)9-15(16)4;/h7-9,13H,10-12H2,1-6H3,(H2,19,20,21);1H. The van der Waals surface area contributed by atoms with Gasteiger partial charge < -0.3 is 15.5 Å². The van der Waals surface area contributed by atoms with Gasteiger partial charge in [-0.05, 0) is 30.9 Å². The first-order valence-corrected chi connectivity index (χ1v) is 8.08. The number of aliphatic imine (C=N–C) groups is 1. The Hall–Kier alpha value is -1.31. The SMILES string of the molecule is Cc1ccc(CN=C(NCC(=O)N(C)C)NCC(C)C)c(C)c1.I. The minimum Gasteiger partial charge on any atom is -0.356 e. The van der Waals surface area contributed by atoms with Gasteiger partial charge in [0.15, 0.2) is 5.96 Å². The number of amides is 1. The third kappa shape index (κ3) is 8.52. The monoisotopic (exact) mass is 446 g/mol. The van der Waals surface area contributed by atoms with Crippen molar-refractivity contribution >= 4 is 35.8 Å². The molecule has 1 amide bonds. The Labute approximate surface area is 163 Å². The smallest absolute Gasteiger partial charge is 0.241 e. The molecule has 0 saturated carbocycles. The van der Waals surface area contributed by atoms with E-state index >= 15 is 0 Å². The molecule has 0 radical (unpaired) electrons. The number of halogens is 1. The molecule has 2 N–H and O–H groups in total. The maximum atomic E-state index is 11.7. The molecule has 6 heteroatoms. The van der Waals surface area contributed by atoms with Crippen molar-refractivity contribution in [3.05, 3.63) is 34.9 Å². The summed E-state index contributed by atoms with van der Waals surface area (Å²) in [5.74, 6) is 1.21. The second kappa shape index (κ2) is 11.3. The first-order valence-electron chi connectivity index (χ1n) is 8.08. The highest BCUT2D eigenvalue weighted by molar-refractivity contribution is 14.0. The number of likely N-dealkylation sites (N-methyl/N-ethyl adjacent to an activating group) is 1. The molecule has 1 aromatic rings. The van der Waals surface area contributed by atoms with Crippen LogP contribution in [0.25, 0.3) is 0 Å². The molecule has 0 bridgehead atoms. The second-order valence-corrected chi connectivity index (χ2v) is 6.51. The van der Waals surface area contributed by atoms with Crippen molar-refractivity contribution in [3.8, 4) is 0 Å². The van der Waals surface area contributed by atoms with Crippen molar-refractivity contribution in [2.24, 2.45) is 10.9 Å². The number of carbonyl (C=O) groups is 1. The summed E-state index contributed by atoms with van der Waals surface area (Å²) in [5.41, 5.74) is 3.68. The summed E-state index contributed by atoms with van der Waals surface area (Å²) in [6.45, 7) is 10.1. The van der Waals surface area contributed by atoms with Crippen LogP contribution < -0.4 is 10.6 Å². The molecule has 24 heavy (non-hydrogen) atoms. The molecule has 0 aromatic heterocycles. The molecular weight excluding hydrogens is 415 g/mol. The van der Waals surface area contributed by atoms with Gasteiger partial charge in [0.1, 0.15) is 0 Å². The molecule has 0 aliphatic rings. The highest BCUT2D eigenvalue weighted by atomic mass is 127. The fourth-order valence-corrected chi connectivity index (χ4v) is 1.98. The quantitative estimate of drug-likeness (QED) is 0.402. The lowest BCUT2D eigenvalue weighted by Gasteiger charge is -2.16. The van der Waals surface area contributed by atoms with E-state index in [4.69, 9.17) is 0 Å². The van der Waals surface area contributed by atoms with Crippen LogP contribution >= 0.6 is 24.0 Å². The van der Waals surface area contributed by atoms with E-state index in [-0.39, 0.29) is 36.4 Å². The molecule has 0 atom stereocenters. The Kier molecular flexibility index (Phi) is 10.7. The van der Waals surface area contributed by atoms with Gasteiger partial charge in [0.2, 0.25) is 5.91 Å². The van der Waals surface area contributed by atoms with Gasteiger partial charge in [-0.2, -0.15) is 0 Å². The second-order valence-electron chi connectivity index (χ2n) is 6.51. The normalized spacial score (nSPS) is 11.0. The van der Waals surface area contributed by atoms with E-state index in [2.05, 4.69) is 61.5 Å². The summed E-state index contributed by atoms with van der Waals surface area (Å²) in [4.78, 5) is 17.9. The summed E-state index contributed by atoms with van der Waals surface area (Å²) in [5, 5.41) is 6.39. The molecule has 0 heterocycles. The van der Waals surface area contributed by atoms with Gasteiger partial charge in [-0.25, -0.2) is 4.99 Å². The van der Waals surface area contributed by atoms with Gasteiger partial charge in [0, 0.05) is 20.6 Å². The molecule has 0 aliphatic heterocycles. The maximum Gasteiger partial charge on any atom is 0.241 e. The van der Waals surface area contributed by atoms with E-state index in [9.17, 15) is 4.79 Å². The Morgan fingerprint density at radius 3 is 2.42 bits per heavy atom. The zero-order chi connectivity index (χ0) is 17.4. The van der Waals surface area contributed by atoms with Gasteiger partial charge in [0.05, 0.1) is 13.1 Å². The van der Waals surface area contributed by atoms with Gasteiger partial charge >= 0.3 is 0 Å². The Bertz CT molecular complexity index is 556. The van der Waals surface area contributed by atoms with Crippen LogP contribution in [0.3, 0.4) is 0 Å². The predicted octanol–water partition coefficient (Wildman–Crippen LogP) is 2.70. The number of hydrogen-bond donors (Lipinski definition) is 2. The number of carbonyl (C=O) groups excluding carboxylic acids is 1. The van der Waals surface area contributed by atoms with Crippen LogP contribution in [0.2, 0.25) is 0 Å². The molecule has 0 fully saturated rings. The summed E-state index contributed by atoms with van der Waals surface area (Å²) >= 11 is 0. The number of hydrogen-bond acceptors (Lipinski definition) is 2. The number of rotatable bonds is 6. The van der Waals surface area contributed by atoms with Crippen LogP contribution in [0.4, 0.5) is 0 Å². The van der Waals surface area contributed by atoms with Crippen molar-refractivity contribution in [3.63, 3.8) is 0 Å². The Morgan fingerprint density at radius 2 is 1.88 bits per heavy atom. The number of nitrogens with zero attached hydrogens (tertiary/aromatic N) is 2. The fourth-order valence-electron chi connectivity index (χ4n) is 1.98. The minimum absolute atomic E-state index is 0. The Morgan fingerprint density at radius 1 is 1.21 bits per heavy atom. The molecule has 136 valence electrons. The highest BCUT2D eigenvalue weighted by Crippen LogP contribution is 2.11. The topological polar surface area (TPSA) is 56.7 Å².